The number of nitrogens with one attached hydrogen (secondary N) is 1. The lowest BCUT2D eigenvalue weighted by atomic mass is 10.2. The molecule has 116 valence electrons. The third kappa shape index (κ3) is 3.32. The highest BCUT2D eigenvalue weighted by molar-refractivity contribution is 9.10. The molecule has 0 spiro atoms. The number of benzene rings is 2. The van der Waals surface area contributed by atoms with Crippen LogP contribution in [0.25, 0.3) is 10.9 Å². The highest BCUT2D eigenvalue weighted by atomic mass is 79.9. The number of hydrogen-bond acceptors (Lipinski definition) is 2. The van der Waals surface area contributed by atoms with Crippen LogP contribution < -0.4 is 10.7 Å². The molecule has 23 heavy (non-hydrogen) atoms. The third-order valence-electron chi connectivity index (χ3n) is 3.40. The molecule has 3 rings (SSSR count). The average molecular weight is 375 g/mol. The highest BCUT2D eigenvalue weighted by Crippen LogP contribution is 2.17. The van der Waals surface area contributed by atoms with Gasteiger partial charge >= 0.3 is 0 Å². The van der Waals surface area contributed by atoms with Gasteiger partial charge in [0.25, 0.3) is 0 Å². The summed E-state index contributed by atoms with van der Waals surface area (Å²) in [5.41, 5.74) is 0.655. The van der Waals surface area contributed by atoms with E-state index in [1.54, 1.807) is 41.1 Å². The number of nitrogens with zero attached hydrogens (tertiary/aromatic N) is 1. The molecular weight excluding hydrogens is 363 g/mol. The molecule has 4 nitrogen and oxygen atoms in total. The Morgan fingerprint density at radius 3 is 2.74 bits per heavy atom. The second kappa shape index (κ2) is 6.34. The molecule has 0 fully saturated rings. The minimum atomic E-state index is -0.491. The van der Waals surface area contributed by atoms with Crippen LogP contribution in [0.3, 0.4) is 0 Å². The van der Waals surface area contributed by atoms with E-state index in [4.69, 9.17) is 0 Å². The fraction of sp³-hybridized carbons (Fsp3) is 0.0588. The molecule has 0 saturated carbocycles. The Kier molecular flexibility index (Phi) is 4.25. The summed E-state index contributed by atoms with van der Waals surface area (Å²) >= 11 is 3.33. The van der Waals surface area contributed by atoms with Gasteiger partial charge in [0, 0.05) is 22.1 Å². The monoisotopic (exact) mass is 374 g/mol. The van der Waals surface area contributed by atoms with Crippen molar-refractivity contribution in [1.82, 2.24) is 4.57 Å². The minimum absolute atomic E-state index is 0.0211. The Hall–Kier alpha value is -2.47. The van der Waals surface area contributed by atoms with Crippen LogP contribution in [0.5, 0.6) is 0 Å². The van der Waals surface area contributed by atoms with E-state index in [1.165, 1.54) is 18.2 Å². The normalized spacial score (nSPS) is 10.7. The number of fused-ring (bicyclic) bond motifs is 1. The van der Waals surface area contributed by atoms with E-state index in [1.807, 2.05) is 0 Å². The van der Waals surface area contributed by atoms with Crippen molar-refractivity contribution in [2.75, 3.05) is 5.32 Å². The average Bonchev–Trinajstić information content (AvgIpc) is 2.52. The molecule has 0 aliphatic heterocycles. The van der Waals surface area contributed by atoms with E-state index in [0.29, 0.717) is 10.9 Å². The SMILES string of the molecule is O=C(Cn1ccc(=O)c2cc(Br)ccc21)Nc1ccccc1F. The van der Waals surface area contributed by atoms with Crippen LogP contribution in [0.15, 0.2) is 64.0 Å². The number of halogens is 2. The summed E-state index contributed by atoms with van der Waals surface area (Å²) in [6.07, 6.45) is 1.56. The maximum atomic E-state index is 13.6. The largest absolute Gasteiger partial charge is 0.338 e. The summed E-state index contributed by atoms with van der Waals surface area (Å²) in [5, 5.41) is 3.04. The molecule has 0 atom stereocenters. The standard InChI is InChI=1S/C17H12BrFN2O2/c18-11-5-6-15-12(9-11)16(22)7-8-21(15)10-17(23)20-14-4-2-1-3-13(14)19/h1-9H,10H2,(H,20,23). The quantitative estimate of drug-likeness (QED) is 0.762. The zero-order valence-corrected chi connectivity index (χ0v) is 13.5. The van der Waals surface area contributed by atoms with Crippen molar-refractivity contribution in [2.24, 2.45) is 0 Å². The van der Waals surface area contributed by atoms with Crippen LogP contribution >= 0.6 is 15.9 Å². The number of aromatic nitrogens is 1. The molecule has 0 saturated heterocycles. The van der Waals surface area contributed by atoms with Crippen LogP contribution in [0.2, 0.25) is 0 Å². The van der Waals surface area contributed by atoms with E-state index >= 15 is 0 Å². The number of rotatable bonds is 3. The van der Waals surface area contributed by atoms with Gasteiger partial charge in [0.05, 0.1) is 11.2 Å². The molecule has 1 N–H and O–H groups in total. The topological polar surface area (TPSA) is 51.1 Å². The first kappa shape index (κ1) is 15.4. The van der Waals surface area contributed by atoms with Gasteiger partial charge in [-0.15, -0.1) is 0 Å². The number of para-hydroxylation sites is 1. The lowest BCUT2D eigenvalue weighted by molar-refractivity contribution is -0.116. The molecule has 0 aliphatic rings. The molecular formula is C17H12BrFN2O2. The Morgan fingerprint density at radius 2 is 1.96 bits per heavy atom. The van der Waals surface area contributed by atoms with Crippen LogP contribution in [-0.2, 0) is 11.3 Å². The summed E-state index contributed by atoms with van der Waals surface area (Å²) in [4.78, 5) is 24.1. The summed E-state index contributed by atoms with van der Waals surface area (Å²) in [6.45, 7) is -0.0211. The second-order valence-corrected chi connectivity index (χ2v) is 5.91. The first-order valence-electron chi connectivity index (χ1n) is 6.88. The van der Waals surface area contributed by atoms with Crippen molar-refractivity contribution in [3.05, 3.63) is 75.2 Å². The van der Waals surface area contributed by atoms with Gasteiger partial charge in [-0.25, -0.2) is 4.39 Å². The van der Waals surface area contributed by atoms with Gasteiger partial charge in [-0.3, -0.25) is 9.59 Å². The Balaban J connectivity index is 1.90. The number of hydrogen-bond donors (Lipinski definition) is 1. The molecule has 0 aliphatic carbocycles. The van der Waals surface area contributed by atoms with Gasteiger partial charge in [-0.1, -0.05) is 28.1 Å². The summed E-state index contributed by atoms with van der Waals surface area (Å²) in [6, 6.07) is 12.6. The van der Waals surface area contributed by atoms with Crippen LogP contribution in [0.1, 0.15) is 0 Å². The van der Waals surface area contributed by atoms with E-state index in [2.05, 4.69) is 21.2 Å². The van der Waals surface area contributed by atoms with Crippen LogP contribution in [0, 0.1) is 5.82 Å². The maximum Gasteiger partial charge on any atom is 0.244 e. The zero-order valence-electron chi connectivity index (χ0n) is 11.9. The molecule has 1 aromatic heterocycles. The van der Waals surface area contributed by atoms with Crippen LogP contribution in [-0.4, -0.2) is 10.5 Å². The van der Waals surface area contributed by atoms with Crippen molar-refractivity contribution in [1.29, 1.82) is 0 Å². The first-order valence-corrected chi connectivity index (χ1v) is 7.67. The van der Waals surface area contributed by atoms with Gasteiger partial charge in [0.1, 0.15) is 12.4 Å². The lowest BCUT2D eigenvalue weighted by Crippen LogP contribution is -2.20. The molecule has 0 radical (unpaired) electrons. The van der Waals surface area contributed by atoms with Gasteiger partial charge in [-0.2, -0.15) is 0 Å². The zero-order chi connectivity index (χ0) is 16.4. The Bertz CT molecular complexity index is 953. The van der Waals surface area contributed by atoms with Crippen molar-refractivity contribution in [3.63, 3.8) is 0 Å². The Morgan fingerprint density at radius 1 is 1.17 bits per heavy atom. The number of carbonyl (C=O) groups excluding carboxylic acids is 1. The van der Waals surface area contributed by atoms with Crippen molar-refractivity contribution >= 4 is 38.4 Å². The van der Waals surface area contributed by atoms with Gasteiger partial charge < -0.3 is 9.88 Å². The second-order valence-electron chi connectivity index (χ2n) is 5.00. The molecule has 6 heteroatoms. The lowest BCUT2D eigenvalue weighted by Gasteiger charge is -2.11. The van der Waals surface area contributed by atoms with Crippen molar-refractivity contribution in [2.45, 2.75) is 6.54 Å². The van der Waals surface area contributed by atoms with Gasteiger partial charge in [0.15, 0.2) is 5.43 Å². The third-order valence-corrected chi connectivity index (χ3v) is 3.89. The van der Waals surface area contributed by atoms with Gasteiger partial charge in [-0.05, 0) is 30.3 Å². The fourth-order valence-electron chi connectivity index (χ4n) is 2.33. The highest BCUT2D eigenvalue weighted by Gasteiger charge is 2.09. The molecule has 1 heterocycles. The maximum absolute atomic E-state index is 13.6. The predicted octanol–water partition coefficient (Wildman–Crippen LogP) is 3.54. The molecule has 2 aromatic carbocycles. The van der Waals surface area contributed by atoms with Gasteiger partial charge in [0.2, 0.25) is 5.91 Å². The number of carbonyl (C=O) groups is 1. The summed E-state index contributed by atoms with van der Waals surface area (Å²) < 4.78 is 16.0. The summed E-state index contributed by atoms with van der Waals surface area (Å²) in [5.74, 6) is -0.863. The number of pyridine rings is 1. The molecule has 0 unspecified atom stereocenters. The molecule has 0 bridgehead atoms. The van der Waals surface area contributed by atoms with E-state index in [-0.39, 0.29) is 23.6 Å². The molecule has 1 amide bonds. The molecule has 3 aromatic rings. The van der Waals surface area contributed by atoms with E-state index < -0.39 is 5.82 Å². The van der Waals surface area contributed by atoms with Crippen molar-refractivity contribution < 1.29 is 9.18 Å². The minimum Gasteiger partial charge on any atom is -0.338 e. The van der Waals surface area contributed by atoms with E-state index in [0.717, 1.165) is 4.47 Å². The first-order chi connectivity index (χ1) is 11.0. The number of anilines is 1. The predicted molar refractivity (Wildman–Crippen MR) is 90.9 cm³/mol. The number of amides is 1. The fourth-order valence-corrected chi connectivity index (χ4v) is 2.69. The van der Waals surface area contributed by atoms with Crippen LogP contribution in [0.4, 0.5) is 10.1 Å². The smallest absolute Gasteiger partial charge is 0.244 e. The van der Waals surface area contributed by atoms with Crippen molar-refractivity contribution in [3.8, 4) is 0 Å². The van der Waals surface area contributed by atoms with E-state index in [9.17, 15) is 14.0 Å². The summed E-state index contributed by atoms with van der Waals surface area (Å²) in [7, 11) is 0. The Labute approximate surface area is 139 Å².